The van der Waals surface area contributed by atoms with Crippen molar-refractivity contribution in [2.45, 2.75) is 31.9 Å². The Morgan fingerprint density at radius 2 is 1.86 bits per heavy atom. The van der Waals surface area contributed by atoms with Crippen LogP contribution in [-0.2, 0) is 12.8 Å². The number of nitrogens with zero attached hydrogens (tertiary/aromatic N) is 1. The lowest BCUT2D eigenvalue weighted by molar-refractivity contribution is 0.227. The minimum absolute atomic E-state index is 0.0670. The van der Waals surface area contributed by atoms with E-state index in [1.807, 2.05) is 12.1 Å². The van der Waals surface area contributed by atoms with E-state index >= 15 is 0 Å². The largest absolute Gasteiger partial charge is 0.482 e. The molecule has 0 spiro atoms. The van der Waals surface area contributed by atoms with Gasteiger partial charge in [0.15, 0.2) is 11.6 Å². The molecule has 1 aromatic heterocycles. The van der Waals surface area contributed by atoms with E-state index in [0.717, 1.165) is 24.0 Å². The van der Waals surface area contributed by atoms with E-state index < -0.39 is 11.9 Å². The second-order valence-corrected chi connectivity index (χ2v) is 8.06. The van der Waals surface area contributed by atoms with Crippen molar-refractivity contribution in [1.29, 1.82) is 0 Å². The normalized spacial score (nSPS) is 16.5. The summed E-state index contributed by atoms with van der Waals surface area (Å²) >= 11 is 12.3. The fraction of sp³-hybridized carbons (Fsp3) is 0.227. The molecule has 150 valence electrons. The first kappa shape index (κ1) is 20.0. The minimum Gasteiger partial charge on any atom is -0.482 e. The molecule has 3 aromatic rings. The van der Waals surface area contributed by atoms with Gasteiger partial charge in [-0.2, -0.15) is 0 Å². The highest BCUT2D eigenvalue weighted by Crippen LogP contribution is 2.37. The van der Waals surface area contributed by atoms with E-state index in [1.54, 1.807) is 13.1 Å². The van der Waals surface area contributed by atoms with Gasteiger partial charge in [-0.05, 0) is 54.7 Å². The van der Waals surface area contributed by atoms with E-state index in [4.69, 9.17) is 39.4 Å². The zero-order valence-electron chi connectivity index (χ0n) is 15.8. The Morgan fingerprint density at radius 1 is 1.10 bits per heavy atom. The Hall–Kier alpha value is -2.34. The third-order valence-corrected chi connectivity index (χ3v) is 5.89. The Bertz CT molecular complexity index is 1090. The average Bonchev–Trinajstić information content (AvgIpc) is 3.06. The Kier molecular flexibility index (Phi) is 5.38. The molecule has 2 atom stereocenters. The molecule has 0 saturated carbocycles. The maximum atomic E-state index is 13.9. The number of benzene rings is 2. The zero-order chi connectivity index (χ0) is 20.7. The highest BCUT2D eigenvalue weighted by molar-refractivity contribution is 6.36. The highest BCUT2D eigenvalue weighted by Gasteiger charge is 2.21. The van der Waals surface area contributed by atoms with Crippen molar-refractivity contribution in [3.8, 4) is 16.9 Å². The number of rotatable bonds is 4. The summed E-state index contributed by atoms with van der Waals surface area (Å²) in [6.45, 7) is 1.73. The number of ether oxygens (including phenoxy) is 1. The summed E-state index contributed by atoms with van der Waals surface area (Å²) < 4.78 is 19.8. The van der Waals surface area contributed by atoms with Gasteiger partial charge in [-0.25, -0.2) is 9.37 Å². The number of halogens is 3. The lowest BCUT2D eigenvalue weighted by atomic mass is 10.0. The molecule has 1 aliphatic rings. The standard InChI is InChI=1S/C22H20Cl2FN3O/c1-11(20-17(23)4-5-18(25)21(20)24)29-19-9-15(10-28-22(19)27)12-2-3-13-7-16(26)8-14(13)6-12/h2-6,9-11,16H,7-8,26H2,1H3,(H2,27,28). The lowest BCUT2D eigenvalue weighted by Crippen LogP contribution is -2.18. The molecule has 7 heteroatoms. The van der Waals surface area contributed by atoms with Crippen molar-refractivity contribution in [3.05, 3.63) is 75.1 Å². The molecule has 0 bridgehead atoms. The minimum atomic E-state index is -0.622. The first-order valence-corrected chi connectivity index (χ1v) is 10.0. The van der Waals surface area contributed by atoms with Gasteiger partial charge in [0, 0.05) is 28.4 Å². The number of nitrogens with two attached hydrogens (primary N) is 2. The van der Waals surface area contributed by atoms with Gasteiger partial charge in [0.1, 0.15) is 11.9 Å². The highest BCUT2D eigenvalue weighted by atomic mass is 35.5. The molecule has 4 nitrogen and oxygen atoms in total. The van der Waals surface area contributed by atoms with Crippen LogP contribution < -0.4 is 16.2 Å². The van der Waals surface area contributed by atoms with Gasteiger partial charge in [-0.1, -0.05) is 41.4 Å². The molecule has 2 aromatic carbocycles. The van der Waals surface area contributed by atoms with Crippen molar-refractivity contribution in [1.82, 2.24) is 4.98 Å². The molecule has 2 unspecified atom stereocenters. The number of anilines is 1. The molecule has 4 N–H and O–H groups in total. The molecule has 1 heterocycles. The molecular weight excluding hydrogens is 412 g/mol. The fourth-order valence-corrected chi connectivity index (χ4v) is 4.38. The quantitative estimate of drug-likeness (QED) is 0.546. The molecule has 0 amide bonds. The zero-order valence-corrected chi connectivity index (χ0v) is 17.3. The van der Waals surface area contributed by atoms with E-state index in [9.17, 15) is 4.39 Å². The first-order chi connectivity index (χ1) is 13.8. The number of aromatic nitrogens is 1. The Labute approximate surface area is 178 Å². The molecule has 29 heavy (non-hydrogen) atoms. The molecule has 0 fully saturated rings. The summed E-state index contributed by atoms with van der Waals surface area (Å²) in [7, 11) is 0. The number of fused-ring (bicyclic) bond motifs is 1. The summed E-state index contributed by atoms with van der Waals surface area (Å²) in [6, 6.07) is 10.9. The van der Waals surface area contributed by atoms with Gasteiger partial charge in [0.05, 0.1) is 5.02 Å². The topological polar surface area (TPSA) is 74.2 Å². The van der Waals surface area contributed by atoms with E-state index in [-0.39, 0.29) is 16.9 Å². The predicted molar refractivity (Wildman–Crippen MR) is 115 cm³/mol. The molecular formula is C22H20Cl2FN3O. The monoisotopic (exact) mass is 431 g/mol. The Morgan fingerprint density at radius 3 is 2.66 bits per heavy atom. The van der Waals surface area contributed by atoms with Gasteiger partial charge in [-0.15, -0.1) is 0 Å². The second-order valence-electron chi connectivity index (χ2n) is 7.28. The fourth-order valence-electron chi connectivity index (χ4n) is 3.70. The van der Waals surface area contributed by atoms with Crippen LogP contribution in [0.2, 0.25) is 10.0 Å². The summed E-state index contributed by atoms with van der Waals surface area (Å²) in [4.78, 5) is 4.26. The van der Waals surface area contributed by atoms with Gasteiger partial charge < -0.3 is 16.2 Å². The van der Waals surface area contributed by atoms with E-state index in [0.29, 0.717) is 16.3 Å². The van der Waals surface area contributed by atoms with Crippen LogP contribution in [0, 0.1) is 5.82 Å². The SMILES string of the molecule is CC(Oc1cc(-c2ccc3c(c2)CC(N)C3)cnc1N)c1c(Cl)ccc(F)c1Cl. The molecule has 0 saturated heterocycles. The van der Waals surface area contributed by atoms with Crippen LogP contribution in [0.15, 0.2) is 42.6 Å². The molecule has 0 aliphatic heterocycles. The van der Waals surface area contributed by atoms with E-state index in [1.165, 1.54) is 23.3 Å². The number of nitrogen functional groups attached to an aromatic ring is 1. The number of pyridine rings is 1. The van der Waals surface area contributed by atoms with Crippen LogP contribution in [0.3, 0.4) is 0 Å². The maximum absolute atomic E-state index is 13.9. The van der Waals surface area contributed by atoms with Crippen LogP contribution in [0.25, 0.3) is 11.1 Å². The van der Waals surface area contributed by atoms with Crippen LogP contribution >= 0.6 is 23.2 Å². The third kappa shape index (κ3) is 3.90. The van der Waals surface area contributed by atoms with Crippen LogP contribution in [0.5, 0.6) is 5.75 Å². The molecule has 4 rings (SSSR count). The third-order valence-electron chi connectivity index (χ3n) is 5.18. The van der Waals surface area contributed by atoms with Crippen molar-refractivity contribution < 1.29 is 9.13 Å². The van der Waals surface area contributed by atoms with Gasteiger partial charge in [0.2, 0.25) is 0 Å². The maximum Gasteiger partial charge on any atom is 0.166 e. The van der Waals surface area contributed by atoms with Crippen molar-refractivity contribution >= 4 is 29.0 Å². The second kappa shape index (κ2) is 7.82. The van der Waals surface area contributed by atoms with Crippen LogP contribution in [-0.4, -0.2) is 11.0 Å². The molecule has 0 radical (unpaired) electrons. The van der Waals surface area contributed by atoms with Gasteiger partial charge in [0.25, 0.3) is 0 Å². The van der Waals surface area contributed by atoms with E-state index in [2.05, 4.69) is 17.1 Å². The predicted octanol–water partition coefficient (Wildman–Crippen LogP) is 5.34. The summed E-state index contributed by atoms with van der Waals surface area (Å²) in [5.41, 5.74) is 16.8. The number of hydrogen-bond donors (Lipinski definition) is 2. The van der Waals surface area contributed by atoms with Crippen molar-refractivity contribution in [2.75, 3.05) is 5.73 Å². The van der Waals surface area contributed by atoms with Crippen LogP contribution in [0.4, 0.5) is 10.2 Å². The first-order valence-electron chi connectivity index (χ1n) is 9.26. The lowest BCUT2D eigenvalue weighted by Gasteiger charge is -2.19. The van der Waals surface area contributed by atoms with Crippen molar-refractivity contribution in [3.63, 3.8) is 0 Å². The summed E-state index contributed by atoms with van der Waals surface area (Å²) in [6.07, 6.45) is 2.84. The number of hydrogen-bond acceptors (Lipinski definition) is 4. The summed E-state index contributed by atoms with van der Waals surface area (Å²) in [5, 5.41) is 0.254. The average molecular weight is 432 g/mol. The Balaban J connectivity index is 1.65. The molecule has 1 aliphatic carbocycles. The van der Waals surface area contributed by atoms with Crippen molar-refractivity contribution in [2.24, 2.45) is 5.73 Å². The van der Waals surface area contributed by atoms with Gasteiger partial charge in [-0.3, -0.25) is 0 Å². The van der Waals surface area contributed by atoms with Crippen LogP contribution in [0.1, 0.15) is 29.7 Å². The van der Waals surface area contributed by atoms with Gasteiger partial charge >= 0.3 is 0 Å². The summed E-state index contributed by atoms with van der Waals surface area (Å²) in [5.74, 6) is 0.0498. The smallest absolute Gasteiger partial charge is 0.166 e.